The summed E-state index contributed by atoms with van der Waals surface area (Å²) in [4.78, 5) is 10.2. The summed E-state index contributed by atoms with van der Waals surface area (Å²) in [6.45, 7) is 2.92. The van der Waals surface area contributed by atoms with Gasteiger partial charge in [0.1, 0.15) is 0 Å². The van der Waals surface area contributed by atoms with Crippen LogP contribution in [0.5, 0.6) is 0 Å². The standard InChI is InChI=1S/C12H25NO3/c1-16-11-7-3-6-10-13-9-5-2-4-8-12(14)15/h13H,2-11H2,1H3,(H,14,15). The van der Waals surface area contributed by atoms with E-state index in [1.807, 2.05) is 0 Å². The molecule has 0 amide bonds. The van der Waals surface area contributed by atoms with Gasteiger partial charge in [-0.25, -0.2) is 0 Å². The molecule has 4 nitrogen and oxygen atoms in total. The van der Waals surface area contributed by atoms with Gasteiger partial charge >= 0.3 is 5.97 Å². The SMILES string of the molecule is COCCCCCNCCCCCC(=O)O. The van der Waals surface area contributed by atoms with Crippen LogP contribution in [-0.2, 0) is 9.53 Å². The Balaban J connectivity index is 2.90. The van der Waals surface area contributed by atoms with Crippen molar-refractivity contribution >= 4 is 5.97 Å². The van der Waals surface area contributed by atoms with Crippen molar-refractivity contribution in [3.8, 4) is 0 Å². The molecule has 96 valence electrons. The zero-order chi connectivity index (χ0) is 12.1. The maximum absolute atomic E-state index is 10.2. The number of hydrogen-bond donors (Lipinski definition) is 2. The van der Waals surface area contributed by atoms with Gasteiger partial charge in [-0.3, -0.25) is 4.79 Å². The molecule has 0 unspecified atom stereocenters. The number of hydrogen-bond acceptors (Lipinski definition) is 3. The number of carboxylic acids is 1. The molecular weight excluding hydrogens is 206 g/mol. The zero-order valence-electron chi connectivity index (χ0n) is 10.3. The van der Waals surface area contributed by atoms with Gasteiger partial charge in [0.05, 0.1) is 0 Å². The van der Waals surface area contributed by atoms with Gasteiger partial charge < -0.3 is 15.2 Å². The number of unbranched alkanes of at least 4 members (excludes halogenated alkanes) is 4. The van der Waals surface area contributed by atoms with Gasteiger partial charge in [-0.1, -0.05) is 6.42 Å². The summed E-state index contributed by atoms with van der Waals surface area (Å²) in [6.07, 6.45) is 6.71. The van der Waals surface area contributed by atoms with Crippen LogP contribution in [0.1, 0.15) is 44.9 Å². The molecule has 0 aromatic carbocycles. The summed E-state index contributed by atoms with van der Waals surface area (Å²) in [6, 6.07) is 0. The molecule has 0 aliphatic heterocycles. The lowest BCUT2D eigenvalue weighted by atomic mass is 10.2. The van der Waals surface area contributed by atoms with Crippen LogP contribution >= 0.6 is 0 Å². The minimum Gasteiger partial charge on any atom is -0.481 e. The monoisotopic (exact) mass is 231 g/mol. The molecule has 0 saturated heterocycles. The summed E-state index contributed by atoms with van der Waals surface area (Å²) in [5, 5.41) is 11.8. The van der Waals surface area contributed by atoms with Crippen molar-refractivity contribution in [1.29, 1.82) is 0 Å². The summed E-state index contributed by atoms with van der Waals surface area (Å²) < 4.78 is 4.96. The molecule has 2 N–H and O–H groups in total. The second-order valence-electron chi connectivity index (χ2n) is 4.01. The quantitative estimate of drug-likeness (QED) is 0.505. The normalized spacial score (nSPS) is 10.6. The number of carbonyl (C=O) groups is 1. The summed E-state index contributed by atoms with van der Waals surface area (Å²) in [5.74, 6) is -0.689. The van der Waals surface area contributed by atoms with E-state index in [9.17, 15) is 4.79 Å². The van der Waals surface area contributed by atoms with Gasteiger partial charge in [-0.2, -0.15) is 0 Å². The molecule has 0 rings (SSSR count). The first-order chi connectivity index (χ1) is 7.77. The third-order valence-electron chi connectivity index (χ3n) is 2.45. The van der Waals surface area contributed by atoms with Crippen molar-refractivity contribution in [3.05, 3.63) is 0 Å². The second kappa shape index (κ2) is 12.5. The lowest BCUT2D eigenvalue weighted by Gasteiger charge is -2.04. The molecule has 0 spiro atoms. The maximum atomic E-state index is 10.2. The first kappa shape index (κ1) is 15.4. The van der Waals surface area contributed by atoms with Crippen LogP contribution in [0.25, 0.3) is 0 Å². The van der Waals surface area contributed by atoms with Gasteiger partial charge in [0.25, 0.3) is 0 Å². The van der Waals surface area contributed by atoms with E-state index in [2.05, 4.69) is 5.32 Å². The summed E-state index contributed by atoms with van der Waals surface area (Å²) >= 11 is 0. The topological polar surface area (TPSA) is 58.6 Å². The molecule has 0 bridgehead atoms. The van der Waals surface area contributed by atoms with Crippen LogP contribution in [0.15, 0.2) is 0 Å². The molecule has 0 radical (unpaired) electrons. The van der Waals surface area contributed by atoms with Crippen molar-refractivity contribution in [3.63, 3.8) is 0 Å². The number of rotatable bonds is 12. The van der Waals surface area contributed by atoms with E-state index in [1.54, 1.807) is 7.11 Å². The molecule has 0 aliphatic rings. The highest BCUT2D eigenvalue weighted by atomic mass is 16.5. The largest absolute Gasteiger partial charge is 0.481 e. The van der Waals surface area contributed by atoms with Crippen LogP contribution in [0.3, 0.4) is 0 Å². The van der Waals surface area contributed by atoms with Crippen molar-refractivity contribution < 1.29 is 14.6 Å². The van der Waals surface area contributed by atoms with Gasteiger partial charge in [0, 0.05) is 20.1 Å². The van der Waals surface area contributed by atoms with E-state index in [4.69, 9.17) is 9.84 Å². The molecule has 0 saturated carbocycles. The Morgan fingerprint density at radius 3 is 2.25 bits per heavy atom. The molecule has 0 aromatic rings. The lowest BCUT2D eigenvalue weighted by Crippen LogP contribution is -2.16. The van der Waals surface area contributed by atoms with E-state index < -0.39 is 5.97 Å². The summed E-state index contributed by atoms with van der Waals surface area (Å²) in [7, 11) is 1.73. The minimum atomic E-state index is -0.689. The number of aliphatic carboxylic acids is 1. The van der Waals surface area contributed by atoms with E-state index in [-0.39, 0.29) is 0 Å². The maximum Gasteiger partial charge on any atom is 0.303 e. The predicted molar refractivity (Wildman–Crippen MR) is 64.7 cm³/mol. The van der Waals surface area contributed by atoms with Crippen LogP contribution in [0.4, 0.5) is 0 Å². The molecule has 0 aromatic heterocycles. The smallest absolute Gasteiger partial charge is 0.303 e. The van der Waals surface area contributed by atoms with Gasteiger partial charge in [0.15, 0.2) is 0 Å². The Kier molecular flexibility index (Phi) is 12.0. The van der Waals surface area contributed by atoms with Crippen LogP contribution < -0.4 is 5.32 Å². The number of ether oxygens (including phenoxy) is 1. The highest BCUT2D eigenvalue weighted by Gasteiger charge is 1.96. The van der Waals surface area contributed by atoms with E-state index in [0.717, 1.165) is 45.4 Å². The number of nitrogens with one attached hydrogen (secondary N) is 1. The first-order valence-corrected chi connectivity index (χ1v) is 6.19. The Morgan fingerprint density at radius 2 is 1.69 bits per heavy atom. The van der Waals surface area contributed by atoms with Crippen LogP contribution in [0.2, 0.25) is 0 Å². The van der Waals surface area contributed by atoms with Crippen molar-refractivity contribution in [2.45, 2.75) is 44.9 Å². The molecule has 16 heavy (non-hydrogen) atoms. The van der Waals surface area contributed by atoms with Crippen LogP contribution in [0, 0.1) is 0 Å². The number of methoxy groups -OCH3 is 1. The highest BCUT2D eigenvalue weighted by molar-refractivity contribution is 5.66. The van der Waals surface area contributed by atoms with Gasteiger partial charge in [-0.15, -0.1) is 0 Å². The highest BCUT2D eigenvalue weighted by Crippen LogP contribution is 1.99. The molecule has 4 heteroatoms. The Bertz CT molecular complexity index is 162. The minimum absolute atomic E-state index is 0.303. The fourth-order valence-electron chi connectivity index (χ4n) is 1.50. The van der Waals surface area contributed by atoms with Crippen molar-refractivity contribution in [2.75, 3.05) is 26.8 Å². The average Bonchev–Trinajstić information content (AvgIpc) is 2.25. The van der Waals surface area contributed by atoms with E-state index in [0.29, 0.717) is 6.42 Å². The predicted octanol–water partition coefficient (Wildman–Crippen LogP) is 2.04. The first-order valence-electron chi connectivity index (χ1n) is 6.19. The van der Waals surface area contributed by atoms with E-state index in [1.165, 1.54) is 12.8 Å². The Morgan fingerprint density at radius 1 is 1.06 bits per heavy atom. The van der Waals surface area contributed by atoms with Gasteiger partial charge in [0.2, 0.25) is 0 Å². The lowest BCUT2D eigenvalue weighted by molar-refractivity contribution is -0.137. The van der Waals surface area contributed by atoms with E-state index >= 15 is 0 Å². The fourth-order valence-corrected chi connectivity index (χ4v) is 1.50. The molecule has 0 atom stereocenters. The third-order valence-corrected chi connectivity index (χ3v) is 2.45. The van der Waals surface area contributed by atoms with Crippen molar-refractivity contribution in [2.24, 2.45) is 0 Å². The molecular formula is C12H25NO3. The molecule has 0 fully saturated rings. The fraction of sp³-hybridized carbons (Fsp3) is 0.917. The number of carboxylic acid groups (broad SMARTS) is 1. The Labute approximate surface area is 98.4 Å². The molecule has 0 aliphatic carbocycles. The third kappa shape index (κ3) is 13.4. The molecule has 0 heterocycles. The summed E-state index contributed by atoms with van der Waals surface area (Å²) in [5.41, 5.74) is 0. The Hall–Kier alpha value is -0.610. The second-order valence-corrected chi connectivity index (χ2v) is 4.01. The van der Waals surface area contributed by atoms with Crippen molar-refractivity contribution in [1.82, 2.24) is 5.32 Å². The van der Waals surface area contributed by atoms with Gasteiger partial charge in [-0.05, 0) is 45.2 Å². The van der Waals surface area contributed by atoms with Crippen LogP contribution in [-0.4, -0.2) is 37.9 Å². The zero-order valence-corrected chi connectivity index (χ0v) is 10.3. The average molecular weight is 231 g/mol.